The minimum Gasteiger partial charge on any atom is -0.494 e. The monoisotopic (exact) mass is 1460 g/mol. The number of nitrogens with one attached hydrogen (secondary N) is 4. The summed E-state index contributed by atoms with van der Waals surface area (Å²) in [4.78, 5) is 86.5. The maximum Gasteiger partial charge on any atom is 0.296 e. The summed E-state index contributed by atoms with van der Waals surface area (Å²) in [5.41, 5.74) is 1.49. The van der Waals surface area contributed by atoms with Crippen molar-refractivity contribution in [2.75, 3.05) is 120 Å². The molecule has 0 radical (unpaired) electrons. The molecule has 2 fully saturated rings. The molecule has 0 spiro atoms. The zero-order chi connectivity index (χ0) is 71.8. The topological polar surface area (TPSA) is 391 Å². The number of hydrogen-bond acceptors (Lipinski definition) is 29. The Bertz CT molecular complexity index is 4250. The van der Waals surface area contributed by atoms with Crippen LogP contribution in [0.1, 0.15) is 89.8 Å². The lowest BCUT2D eigenvalue weighted by Gasteiger charge is -2.27. The first-order chi connectivity index (χ1) is 48.0. The molecule has 4 aromatic carbocycles. The van der Waals surface area contributed by atoms with Crippen LogP contribution in [0.25, 0.3) is 12.2 Å². The van der Waals surface area contributed by atoms with Crippen LogP contribution in [-0.4, -0.2) is 158 Å². The van der Waals surface area contributed by atoms with Gasteiger partial charge >= 0.3 is 0 Å². The van der Waals surface area contributed by atoms with E-state index in [1.54, 1.807) is 12.1 Å². The summed E-state index contributed by atoms with van der Waals surface area (Å²) in [6, 6.07) is 17.6. The first-order valence-electron chi connectivity index (χ1n) is 32.0. The highest BCUT2D eigenvalue weighted by Crippen LogP contribution is 2.45. The van der Waals surface area contributed by atoms with Gasteiger partial charge in [0.2, 0.25) is 22.2 Å². The Balaban J connectivity index is 1.11. The normalized spacial score (nSPS) is 13.9. The Hall–Kier alpha value is -9.36. The van der Waals surface area contributed by atoms with Crippen LogP contribution in [0.3, 0.4) is 0 Å². The number of benzene rings is 4. The lowest BCUT2D eigenvalue weighted by Crippen LogP contribution is -2.30. The zero-order valence-electron chi connectivity index (χ0n) is 56.2. The summed E-state index contributed by atoms with van der Waals surface area (Å²) >= 11 is 3.28. The van der Waals surface area contributed by atoms with Gasteiger partial charge in [-0.15, -0.1) is 20.5 Å². The van der Waals surface area contributed by atoms with Gasteiger partial charge in [-0.05, 0) is 129 Å². The summed E-state index contributed by atoms with van der Waals surface area (Å²) in [5.74, 6) is -1.03. The van der Waals surface area contributed by atoms with Gasteiger partial charge < -0.3 is 55.4 Å². The van der Waals surface area contributed by atoms with E-state index in [2.05, 4.69) is 41.3 Å². The molecule has 2 saturated heterocycles. The number of rotatable bonds is 31. The highest BCUT2D eigenvalue weighted by Gasteiger charge is 2.28. The summed E-state index contributed by atoms with van der Waals surface area (Å²) in [7, 11) is -6.44. The third-order valence-electron chi connectivity index (χ3n) is 15.9. The quantitative estimate of drug-likeness (QED) is 0.00530. The van der Waals surface area contributed by atoms with Crippen LogP contribution in [0.5, 0.6) is 11.5 Å². The number of aliphatic hydroxyl groups is 1. The second kappa shape index (κ2) is 34.1. The molecular weight excluding hydrogens is 1390 g/mol. The second-order valence-electron chi connectivity index (χ2n) is 22.5. The number of methoxy groups -OCH3 is 2. The molecule has 100 heavy (non-hydrogen) atoms. The molecule has 0 bridgehead atoms. The van der Waals surface area contributed by atoms with Crippen LogP contribution >= 0.6 is 34.4 Å². The maximum absolute atomic E-state index is 13.9. The summed E-state index contributed by atoms with van der Waals surface area (Å²) in [5, 5.41) is 41.1. The number of hydrogen-bond donors (Lipinski definition) is 7. The lowest BCUT2D eigenvalue weighted by molar-refractivity contribution is -0.120. The maximum atomic E-state index is 13.9. The minimum atomic E-state index is -4.75. The predicted octanol–water partition coefficient (Wildman–Crippen LogP) is 12.6. The first kappa shape index (κ1) is 74.9. The standard InChI is InChI=1S/C65H77N17O13S5/c1-9-79(10-2)49-35-45(47(37-51(49)94-7)75-77-64-70-57(81-27-19-13-20-28-81)53(97-64)33-41(39(5)84)59(86)66-43-23-15-17-25-55(43)99(88,89)90)68-61-72-62(74-63(73-61)96-32-31-83)69-46-36-50(80(11-3)12-4)52(95-8)38-48(46)76-78-65-71-58(82-29-21-14-22-30-82)54(98-65)34-42(40(6)85)60(87)67-44-24-16-18-26-56(44)100(91,92)93/h15-18,23-26,33-38,83H,9-14,19-22,27-32H2,1-8H3,(H,66,86)(H,67,87)(H,88,89,90)(H,91,92,93)(H2,68,69,72,73,74)/b41-33-,42-34+,77-75?,78-76?. The van der Waals surface area contributed by atoms with Crippen molar-refractivity contribution >= 4 is 169 Å². The van der Waals surface area contributed by atoms with Gasteiger partial charge in [0.25, 0.3) is 32.1 Å². The van der Waals surface area contributed by atoms with Crippen LogP contribution < -0.4 is 50.3 Å². The number of para-hydroxylation sites is 2. The number of aromatic nitrogens is 5. The van der Waals surface area contributed by atoms with E-state index in [9.17, 15) is 50.2 Å². The Morgan fingerprint density at radius 3 is 1.31 bits per heavy atom. The first-order valence-corrected chi connectivity index (χ1v) is 37.5. The summed E-state index contributed by atoms with van der Waals surface area (Å²) in [6.07, 6.45) is 8.15. The Morgan fingerprint density at radius 1 is 0.570 bits per heavy atom. The average Bonchev–Trinajstić information content (AvgIpc) is 1.78. The molecule has 7 aromatic rings. The van der Waals surface area contributed by atoms with E-state index in [-0.39, 0.29) is 73.6 Å². The number of ketones is 2. The molecule has 530 valence electrons. The van der Waals surface area contributed by atoms with Crippen LogP contribution in [-0.2, 0) is 39.4 Å². The molecule has 0 saturated carbocycles. The van der Waals surface area contributed by atoms with Crippen LogP contribution in [0.2, 0.25) is 0 Å². The lowest BCUT2D eigenvalue weighted by atomic mass is 10.1. The molecule has 30 nitrogen and oxygen atoms in total. The van der Waals surface area contributed by atoms with Gasteiger partial charge in [0.15, 0.2) is 16.7 Å². The predicted molar refractivity (Wildman–Crippen MR) is 389 cm³/mol. The molecular formula is C65H77N17O13S5. The Kier molecular flexibility index (Phi) is 25.6. The average molecular weight is 1460 g/mol. The molecule has 3 aromatic heterocycles. The molecule has 2 aliphatic heterocycles. The molecule has 9 rings (SSSR count). The SMILES string of the molecule is CCN(CC)c1cc(Nc2nc(Nc3cc(N(CC)CC)c(OC)cc3N=Nc3nc(N4CCCCC4)c(/C=C(\C(C)=O)C(=O)Nc4ccccc4S(=O)(=O)O)s3)nc(SCCO)n2)c(N=Nc2nc(N3CCCCC3)c(/C=C(/C(C)=O)C(=O)Nc3ccccc3S(=O)(=O)O)s2)cc1OC. The molecule has 2 aliphatic rings. The van der Waals surface area contributed by atoms with E-state index < -0.39 is 53.4 Å². The number of nitrogens with zero attached hydrogens (tertiary/aromatic N) is 13. The van der Waals surface area contributed by atoms with Crippen LogP contribution in [0.15, 0.2) is 119 Å². The highest BCUT2D eigenvalue weighted by molar-refractivity contribution is 7.99. The number of ether oxygens (including phenoxy) is 2. The number of aliphatic hydroxyl groups excluding tert-OH is 1. The molecule has 0 unspecified atom stereocenters. The van der Waals surface area contributed by atoms with Crippen molar-refractivity contribution in [1.82, 2.24) is 24.9 Å². The Labute approximate surface area is 591 Å². The van der Waals surface area contributed by atoms with Gasteiger partial charge in [-0.1, -0.05) is 58.7 Å². The molecule has 35 heteroatoms. The second-order valence-corrected chi connectivity index (χ2v) is 28.3. The zero-order valence-corrected chi connectivity index (χ0v) is 60.3. The van der Waals surface area contributed by atoms with Gasteiger partial charge in [0.1, 0.15) is 44.3 Å². The van der Waals surface area contributed by atoms with Gasteiger partial charge in [-0.25, -0.2) is 0 Å². The van der Waals surface area contributed by atoms with Crippen molar-refractivity contribution in [3.8, 4) is 11.5 Å². The number of piperidine rings is 2. The molecule has 7 N–H and O–H groups in total. The smallest absolute Gasteiger partial charge is 0.296 e. The van der Waals surface area contributed by atoms with E-state index in [0.29, 0.717) is 108 Å². The molecule has 2 amide bonds. The molecule has 5 heterocycles. The third-order valence-corrected chi connectivity index (χ3v) is 20.3. The van der Waals surface area contributed by atoms with Crippen molar-refractivity contribution in [3.05, 3.63) is 93.7 Å². The number of carbonyl (C=O) groups excluding carboxylic acids is 4. The van der Waals surface area contributed by atoms with Crippen LogP contribution in [0.4, 0.5) is 79.3 Å². The van der Waals surface area contributed by atoms with Crippen molar-refractivity contribution in [1.29, 1.82) is 0 Å². The van der Waals surface area contributed by atoms with Gasteiger partial charge in [-0.2, -0.15) is 41.8 Å². The number of carbonyl (C=O) groups is 4. The van der Waals surface area contributed by atoms with Crippen molar-refractivity contribution in [2.24, 2.45) is 20.5 Å². The van der Waals surface area contributed by atoms with E-state index in [1.807, 2.05) is 49.6 Å². The van der Waals surface area contributed by atoms with Gasteiger partial charge in [0, 0.05) is 70.2 Å². The fourth-order valence-electron chi connectivity index (χ4n) is 11.0. The van der Waals surface area contributed by atoms with Gasteiger partial charge in [0.05, 0.1) is 75.9 Å². The largest absolute Gasteiger partial charge is 0.494 e. The molecule has 0 atom stereocenters. The minimum absolute atomic E-state index is 0.0314. The fourth-order valence-corrected chi connectivity index (χ4v) is 14.6. The number of anilines is 10. The van der Waals surface area contributed by atoms with Crippen molar-refractivity contribution in [2.45, 2.75) is 95.0 Å². The fraction of sp³-hybridized carbons (Fsp3) is 0.369. The number of amides is 2. The van der Waals surface area contributed by atoms with Crippen molar-refractivity contribution in [3.63, 3.8) is 0 Å². The number of thioether (sulfide) groups is 1. The Morgan fingerprint density at radius 2 is 0.960 bits per heavy atom. The molecule has 0 aliphatic carbocycles. The van der Waals surface area contributed by atoms with E-state index in [1.165, 1.54) is 76.6 Å². The summed E-state index contributed by atoms with van der Waals surface area (Å²) < 4.78 is 80.7. The van der Waals surface area contributed by atoms with E-state index in [4.69, 9.17) is 44.6 Å². The highest BCUT2D eigenvalue weighted by atomic mass is 32.2. The third kappa shape index (κ3) is 18.7. The van der Waals surface area contributed by atoms with Gasteiger partial charge in [-0.3, -0.25) is 28.3 Å². The number of Topliss-reactive ketones (excluding diaryl/α,β-unsaturated/α-hetero) is 2. The van der Waals surface area contributed by atoms with E-state index in [0.717, 1.165) is 85.1 Å². The summed E-state index contributed by atoms with van der Waals surface area (Å²) in [6.45, 7) is 15.1. The van der Waals surface area contributed by atoms with E-state index >= 15 is 0 Å². The van der Waals surface area contributed by atoms with Crippen molar-refractivity contribution < 1.29 is 59.7 Å². The number of thiazole rings is 2. The van der Waals surface area contributed by atoms with Crippen LogP contribution in [0, 0.1) is 0 Å². The number of azo groups is 2.